The van der Waals surface area contributed by atoms with Crippen LogP contribution in [-0.2, 0) is 0 Å². The van der Waals surface area contributed by atoms with Crippen molar-refractivity contribution in [3.05, 3.63) is 64.7 Å². The normalized spacial score (nSPS) is 11.4. The quantitative estimate of drug-likeness (QED) is 0.496. The van der Waals surface area contributed by atoms with Gasteiger partial charge in [-0.3, -0.25) is 4.79 Å². The lowest BCUT2D eigenvalue weighted by Crippen LogP contribution is -2.50. The maximum atomic E-state index is 12.7. The Balaban J connectivity index is 2.10. The topological polar surface area (TPSA) is 66.8 Å². The van der Waals surface area contributed by atoms with Gasteiger partial charge >= 0.3 is 0 Å². The molecule has 2 rings (SSSR count). The van der Waals surface area contributed by atoms with Gasteiger partial charge in [-0.15, -0.1) is 0 Å². The molecule has 0 amide bonds. The predicted octanol–water partition coefficient (Wildman–Crippen LogP) is 2.34. The number of ketones is 1. The SMILES string of the molecule is Cc1cc(C(=O)c2ccccc2)cc(C)c1OCC[N+](C)(CCO)CCO. The number of carbonyl (C=O) groups is 1. The Morgan fingerprint density at radius 1 is 0.926 bits per heavy atom. The van der Waals surface area contributed by atoms with Crippen molar-refractivity contribution < 1.29 is 24.2 Å². The number of hydrogen-bond donors (Lipinski definition) is 2. The van der Waals surface area contributed by atoms with Gasteiger partial charge in [0, 0.05) is 11.1 Å². The largest absolute Gasteiger partial charge is 0.487 e. The van der Waals surface area contributed by atoms with E-state index in [9.17, 15) is 15.0 Å². The van der Waals surface area contributed by atoms with E-state index in [0.717, 1.165) is 16.9 Å². The average molecular weight is 372 g/mol. The van der Waals surface area contributed by atoms with Crippen LogP contribution in [0, 0.1) is 13.8 Å². The summed E-state index contributed by atoms with van der Waals surface area (Å²) in [6.07, 6.45) is 0. The molecule has 0 atom stereocenters. The smallest absolute Gasteiger partial charge is 0.193 e. The first-order chi connectivity index (χ1) is 12.9. The highest BCUT2D eigenvalue weighted by Crippen LogP contribution is 2.26. The van der Waals surface area contributed by atoms with Crippen LogP contribution in [0.1, 0.15) is 27.0 Å². The number of ether oxygens (including phenoxy) is 1. The van der Waals surface area contributed by atoms with Crippen LogP contribution in [0.15, 0.2) is 42.5 Å². The van der Waals surface area contributed by atoms with Crippen LogP contribution in [0.3, 0.4) is 0 Å². The predicted molar refractivity (Wildman–Crippen MR) is 106 cm³/mol. The average Bonchev–Trinajstić information content (AvgIpc) is 2.64. The molecule has 0 bridgehead atoms. The highest BCUT2D eigenvalue weighted by Gasteiger charge is 2.21. The number of aliphatic hydroxyl groups excluding tert-OH is 2. The second kappa shape index (κ2) is 9.65. The summed E-state index contributed by atoms with van der Waals surface area (Å²) in [6, 6.07) is 13.0. The zero-order valence-electron chi connectivity index (χ0n) is 16.4. The zero-order chi connectivity index (χ0) is 19.9. The fraction of sp³-hybridized carbons (Fsp3) is 0.409. The Morgan fingerprint density at radius 3 is 2.00 bits per heavy atom. The zero-order valence-corrected chi connectivity index (χ0v) is 16.4. The first-order valence-corrected chi connectivity index (χ1v) is 9.29. The summed E-state index contributed by atoms with van der Waals surface area (Å²) in [5.74, 6) is 0.794. The molecule has 5 heteroatoms. The summed E-state index contributed by atoms with van der Waals surface area (Å²) in [6.45, 7) is 6.35. The standard InChI is InChI=1S/C22H30NO4/c1-17-15-20(21(26)19-7-5-4-6-8-19)16-18(2)22(17)27-14-11-23(3,9-12-24)10-13-25/h4-8,15-16,24-25H,9-14H2,1-3H3/q+1. The van der Waals surface area contributed by atoms with Gasteiger partial charge in [-0.25, -0.2) is 0 Å². The van der Waals surface area contributed by atoms with Gasteiger partial charge in [0.25, 0.3) is 0 Å². The highest BCUT2D eigenvalue weighted by atomic mass is 16.5. The van der Waals surface area contributed by atoms with Gasteiger partial charge in [0.1, 0.15) is 32.0 Å². The van der Waals surface area contributed by atoms with Crippen molar-refractivity contribution in [2.45, 2.75) is 13.8 Å². The summed E-state index contributed by atoms with van der Waals surface area (Å²) in [5, 5.41) is 18.5. The highest BCUT2D eigenvalue weighted by molar-refractivity contribution is 6.09. The van der Waals surface area contributed by atoms with Crippen molar-refractivity contribution in [3.63, 3.8) is 0 Å². The van der Waals surface area contributed by atoms with E-state index in [1.807, 2.05) is 63.4 Å². The van der Waals surface area contributed by atoms with Crippen LogP contribution in [0.2, 0.25) is 0 Å². The summed E-state index contributed by atoms with van der Waals surface area (Å²) >= 11 is 0. The first-order valence-electron chi connectivity index (χ1n) is 9.29. The van der Waals surface area contributed by atoms with Gasteiger partial charge < -0.3 is 19.4 Å². The van der Waals surface area contributed by atoms with Crippen LogP contribution in [0.25, 0.3) is 0 Å². The van der Waals surface area contributed by atoms with Crippen LogP contribution in [0.5, 0.6) is 5.75 Å². The third kappa shape index (κ3) is 5.63. The molecule has 146 valence electrons. The Hall–Kier alpha value is -2.21. The molecule has 5 nitrogen and oxygen atoms in total. The number of aryl methyl sites for hydroxylation is 2. The number of quaternary nitrogens is 1. The minimum atomic E-state index is 0.00323. The van der Waals surface area contributed by atoms with E-state index in [1.54, 1.807) is 0 Å². The van der Waals surface area contributed by atoms with E-state index in [4.69, 9.17) is 4.74 Å². The lowest BCUT2D eigenvalue weighted by Gasteiger charge is -2.33. The number of hydrogen-bond acceptors (Lipinski definition) is 4. The van der Waals surface area contributed by atoms with E-state index < -0.39 is 0 Å². The molecule has 0 aliphatic rings. The van der Waals surface area contributed by atoms with Crippen LogP contribution >= 0.6 is 0 Å². The van der Waals surface area contributed by atoms with Crippen molar-refractivity contribution in [3.8, 4) is 5.75 Å². The molecule has 2 N–H and O–H groups in total. The summed E-state index contributed by atoms with van der Waals surface area (Å²) in [5.41, 5.74) is 3.18. The molecule has 0 aliphatic carbocycles. The minimum Gasteiger partial charge on any atom is -0.487 e. The van der Waals surface area contributed by atoms with Crippen LogP contribution < -0.4 is 4.74 Å². The molecule has 0 spiro atoms. The van der Waals surface area contributed by atoms with E-state index in [1.165, 1.54) is 0 Å². The summed E-state index contributed by atoms with van der Waals surface area (Å²) in [7, 11) is 2.00. The molecule has 0 fully saturated rings. The maximum Gasteiger partial charge on any atom is 0.193 e. The van der Waals surface area contributed by atoms with Gasteiger partial charge in [-0.05, 0) is 37.1 Å². The van der Waals surface area contributed by atoms with E-state index >= 15 is 0 Å². The number of carbonyl (C=O) groups excluding carboxylic acids is 1. The lowest BCUT2D eigenvalue weighted by atomic mass is 9.98. The van der Waals surface area contributed by atoms with Gasteiger partial charge in [-0.1, -0.05) is 30.3 Å². The molecule has 0 heterocycles. The summed E-state index contributed by atoms with van der Waals surface area (Å²) in [4.78, 5) is 12.7. The molecular weight excluding hydrogens is 342 g/mol. The third-order valence-corrected chi connectivity index (χ3v) is 4.92. The fourth-order valence-electron chi connectivity index (χ4n) is 3.25. The molecule has 0 saturated carbocycles. The molecule has 0 unspecified atom stereocenters. The Morgan fingerprint density at radius 2 is 1.48 bits per heavy atom. The van der Waals surface area contributed by atoms with Gasteiger partial charge in [0.2, 0.25) is 0 Å². The van der Waals surface area contributed by atoms with E-state index in [-0.39, 0.29) is 19.0 Å². The number of likely N-dealkylation sites (N-methyl/N-ethyl adjacent to an activating group) is 1. The molecule has 2 aromatic carbocycles. The van der Waals surface area contributed by atoms with Gasteiger partial charge in [0.05, 0.1) is 20.3 Å². The Bertz CT molecular complexity index is 729. The molecule has 0 aliphatic heterocycles. The van der Waals surface area contributed by atoms with Crippen molar-refractivity contribution in [1.29, 1.82) is 0 Å². The number of benzene rings is 2. The van der Waals surface area contributed by atoms with Gasteiger partial charge in [-0.2, -0.15) is 0 Å². The van der Waals surface area contributed by atoms with Gasteiger partial charge in [0.15, 0.2) is 5.78 Å². The molecule has 2 aromatic rings. The third-order valence-electron chi connectivity index (χ3n) is 4.92. The van der Waals surface area contributed by atoms with Crippen molar-refractivity contribution >= 4 is 5.78 Å². The fourth-order valence-corrected chi connectivity index (χ4v) is 3.25. The van der Waals surface area contributed by atoms with E-state index in [2.05, 4.69) is 0 Å². The Labute approximate surface area is 161 Å². The van der Waals surface area contributed by atoms with Crippen molar-refractivity contribution in [1.82, 2.24) is 0 Å². The monoisotopic (exact) mass is 372 g/mol. The maximum absolute atomic E-state index is 12.7. The van der Waals surface area contributed by atoms with Crippen molar-refractivity contribution in [2.75, 3.05) is 46.5 Å². The minimum absolute atomic E-state index is 0.00323. The number of nitrogens with zero attached hydrogens (tertiary/aromatic N) is 1. The molecule has 0 aromatic heterocycles. The molecular formula is C22H30NO4+. The number of rotatable bonds is 10. The molecule has 0 radical (unpaired) electrons. The summed E-state index contributed by atoms with van der Waals surface area (Å²) < 4.78 is 6.56. The van der Waals surface area contributed by atoms with Crippen molar-refractivity contribution in [2.24, 2.45) is 0 Å². The number of aliphatic hydroxyl groups is 2. The Kier molecular flexibility index (Phi) is 7.54. The van der Waals surface area contributed by atoms with E-state index in [0.29, 0.717) is 41.9 Å². The van der Waals surface area contributed by atoms with Crippen LogP contribution in [0.4, 0.5) is 0 Å². The lowest BCUT2D eigenvalue weighted by molar-refractivity contribution is -0.910. The van der Waals surface area contributed by atoms with Crippen LogP contribution in [-0.4, -0.2) is 67.0 Å². The molecule has 27 heavy (non-hydrogen) atoms. The molecule has 0 saturated heterocycles. The first kappa shape index (κ1) is 21.1. The second-order valence-electron chi connectivity index (χ2n) is 7.22. The second-order valence-corrected chi connectivity index (χ2v) is 7.22.